The van der Waals surface area contributed by atoms with Crippen molar-refractivity contribution in [2.45, 2.75) is 32.7 Å². The highest BCUT2D eigenvalue weighted by atomic mass is 16.2. The zero-order valence-electron chi connectivity index (χ0n) is 14.6. The fraction of sp³-hybridized carbons (Fsp3) is 0.333. The Bertz CT molecular complexity index is 906. The topological polar surface area (TPSA) is 38.1 Å². The largest absolute Gasteiger partial charge is 0.343 e. The van der Waals surface area contributed by atoms with Gasteiger partial charge in [0.25, 0.3) is 0 Å². The molecule has 0 atom stereocenters. The molecule has 4 heteroatoms. The van der Waals surface area contributed by atoms with Crippen LogP contribution in [0.15, 0.2) is 48.5 Å². The summed E-state index contributed by atoms with van der Waals surface area (Å²) >= 11 is 0. The van der Waals surface area contributed by atoms with Crippen LogP contribution in [0.1, 0.15) is 24.8 Å². The smallest absolute Gasteiger partial charge is 0.224 e. The van der Waals surface area contributed by atoms with E-state index in [1.807, 2.05) is 23.1 Å². The van der Waals surface area contributed by atoms with Crippen LogP contribution in [0.2, 0.25) is 0 Å². The van der Waals surface area contributed by atoms with E-state index in [2.05, 4.69) is 41.8 Å². The number of amides is 1. The lowest BCUT2D eigenvalue weighted by atomic mass is 10.1. The van der Waals surface area contributed by atoms with Gasteiger partial charge in [0.1, 0.15) is 5.82 Å². The second-order valence-electron chi connectivity index (χ2n) is 6.78. The Kier molecular flexibility index (Phi) is 4.26. The molecule has 1 aliphatic heterocycles. The van der Waals surface area contributed by atoms with Crippen LogP contribution in [-0.4, -0.2) is 33.4 Å². The first-order valence-corrected chi connectivity index (χ1v) is 9.02. The maximum Gasteiger partial charge on any atom is 0.224 e. The van der Waals surface area contributed by atoms with Crippen LogP contribution in [0, 0.1) is 6.92 Å². The van der Waals surface area contributed by atoms with Crippen molar-refractivity contribution in [1.29, 1.82) is 0 Å². The summed E-state index contributed by atoms with van der Waals surface area (Å²) in [5, 5.41) is 0. The number of hydrogen-bond donors (Lipinski definition) is 0. The first-order chi connectivity index (χ1) is 12.2. The highest BCUT2D eigenvalue weighted by Gasteiger charge is 2.19. The van der Waals surface area contributed by atoms with Crippen LogP contribution in [0.25, 0.3) is 22.4 Å². The van der Waals surface area contributed by atoms with Gasteiger partial charge in [-0.05, 0) is 38.0 Å². The predicted molar refractivity (Wildman–Crippen MR) is 100 cm³/mol. The molecule has 3 aromatic rings. The third kappa shape index (κ3) is 3.16. The molecular formula is C21H23N3O. The Morgan fingerprint density at radius 3 is 2.68 bits per heavy atom. The molecule has 128 valence electrons. The number of imidazole rings is 1. The lowest BCUT2D eigenvalue weighted by molar-refractivity contribution is -0.130. The number of para-hydroxylation sites is 2. The number of hydrogen-bond acceptors (Lipinski definition) is 2. The van der Waals surface area contributed by atoms with E-state index >= 15 is 0 Å². The molecule has 4 rings (SSSR count). The fourth-order valence-electron chi connectivity index (χ4n) is 3.64. The Labute approximate surface area is 148 Å². The Morgan fingerprint density at radius 1 is 1.08 bits per heavy atom. The Morgan fingerprint density at radius 2 is 1.88 bits per heavy atom. The normalized spacial score (nSPS) is 14.4. The van der Waals surface area contributed by atoms with E-state index < -0.39 is 0 Å². The van der Waals surface area contributed by atoms with E-state index in [4.69, 9.17) is 4.98 Å². The summed E-state index contributed by atoms with van der Waals surface area (Å²) in [6, 6.07) is 16.6. The van der Waals surface area contributed by atoms with Crippen LogP contribution in [0.3, 0.4) is 0 Å². The zero-order chi connectivity index (χ0) is 17.2. The third-order valence-electron chi connectivity index (χ3n) is 4.94. The molecule has 1 amide bonds. The summed E-state index contributed by atoms with van der Waals surface area (Å²) in [6.45, 7) is 4.58. The molecule has 0 N–H and O–H groups in total. The highest BCUT2D eigenvalue weighted by Crippen LogP contribution is 2.26. The second kappa shape index (κ2) is 6.71. The number of likely N-dealkylation sites (tertiary alicyclic amines) is 1. The van der Waals surface area contributed by atoms with Crippen molar-refractivity contribution in [3.05, 3.63) is 54.1 Å². The predicted octanol–water partition coefficient (Wildman–Crippen LogP) is 4.02. The van der Waals surface area contributed by atoms with Gasteiger partial charge in [0.05, 0.1) is 11.0 Å². The lowest BCUT2D eigenvalue weighted by Crippen LogP contribution is -2.28. The van der Waals surface area contributed by atoms with Gasteiger partial charge in [-0.15, -0.1) is 0 Å². The zero-order valence-corrected chi connectivity index (χ0v) is 14.6. The van der Waals surface area contributed by atoms with Crippen molar-refractivity contribution < 1.29 is 4.79 Å². The van der Waals surface area contributed by atoms with Crippen LogP contribution < -0.4 is 0 Å². The molecule has 4 nitrogen and oxygen atoms in total. The molecule has 0 radical (unpaired) electrons. The minimum atomic E-state index is 0.255. The number of aryl methyl sites for hydroxylation is 2. The molecule has 0 unspecified atom stereocenters. The van der Waals surface area contributed by atoms with Gasteiger partial charge in [0, 0.05) is 31.6 Å². The van der Waals surface area contributed by atoms with Crippen molar-refractivity contribution in [3.8, 4) is 11.4 Å². The van der Waals surface area contributed by atoms with Crippen LogP contribution in [0.5, 0.6) is 0 Å². The van der Waals surface area contributed by atoms with Gasteiger partial charge in [-0.1, -0.05) is 35.9 Å². The molecule has 0 spiro atoms. The number of aromatic nitrogens is 2. The van der Waals surface area contributed by atoms with Gasteiger partial charge in [0.2, 0.25) is 5.91 Å². The highest BCUT2D eigenvalue weighted by molar-refractivity contribution is 5.81. The van der Waals surface area contributed by atoms with E-state index in [1.54, 1.807) is 0 Å². The van der Waals surface area contributed by atoms with Gasteiger partial charge < -0.3 is 9.47 Å². The summed E-state index contributed by atoms with van der Waals surface area (Å²) in [6.07, 6.45) is 2.79. The summed E-state index contributed by atoms with van der Waals surface area (Å²) in [4.78, 5) is 19.3. The average molecular weight is 333 g/mol. The number of rotatable bonds is 4. The maximum absolute atomic E-state index is 12.5. The summed E-state index contributed by atoms with van der Waals surface area (Å²) < 4.78 is 2.19. The molecule has 1 aromatic heterocycles. The third-order valence-corrected chi connectivity index (χ3v) is 4.94. The van der Waals surface area contributed by atoms with Gasteiger partial charge in [-0.3, -0.25) is 4.79 Å². The summed E-state index contributed by atoms with van der Waals surface area (Å²) in [5.41, 5.74) is 4.38. The number of carbonyl (C=O) groups is 1. The van der Waals surface area contributed by atoms with Crippen molar-refractivity contribution >= 4 is 16.9 Å². The van der Waals surface area contributed by atoms with Crippen molar-refractivity contribution in [2.24, 2.45) is 0 Å². The van der Waals surface area contributed by atoms with E-state index in [0.29, 0.717) is 13.0 Å². The monoisotopic (exact) mass is 333 g/mol. The minimum Gasteiger partial charge on any atom is -0.343 e. The van der Waals surface area contributed by atoms with Crippen LogP contribution >= 0.6 is 0 Å². The molecule has 1 saturated heterocycles. The molecular weight excluding hydrogens is 310 g/mol. The molecule has 2 aromatic carbocycles. The van der Waals surface area contributed by atoms with Gasteiger partial charge >= 0.3 is 0 Å². The van der Waals surface area contributed by atoms with Crippen molar-refractivity contribution in [1.82, 2.24) is 14.5 Å². The number of carbonyl (C=O) groups excluding carboxylic acids is 1. The number of benzene rings is 2. The number of nitrogens with zero attached hydrogens (tertiary/aromatic N) is 3. The SMILES string of the molecule is Cc1cccc(-c2nc3ccccc3n2CCC(=O)N2CCCC2)c1. The van der Waals surface area contributed by atoms with Crippen LogP contribution in [0.4, 0.5) is 0 Å². The minimum absolute atomic E-state index is 0.255. The Hall–Kier alpha value is -2.62. The first kappa shape index (κ1) is 15.9. The molecule has 1 aliphatic rings. The van der Waals surface area contributed by atoms with Gasteiger partial charge in [-0.2, -0.15) is 0 Å². The van der Waals surface area contributed by atoms with E-state index in [-0.39, 0.29) is 5.91 Å². The number of fused-ring (bicyclic) bond motifs is 1. The van der Waals surface area contributed by atoms with Gasteiger partial charge in [-0.25, -0.2) is 4.98 Å². The standard InChI is InChI=1S/C21H23N3O/c1-16-7-6-8-17(15-16)21-22-18-9-2-3-10-19(18)24(21)14-11-20(25)23-12-4-5-13-23/h2-3,6-10,15H,4-5,11-14H2,1H3. The molecule has 0 aliphatic carbocycles. The average Bonchev–Trinajstić information content (AvgIpc) is 3.28. The fourth-order valence-corrected chi connectivity index (χ4v) is 3.64. The molecule has 25 heavy (non-hydrogen) atoms. The van der Waals surface area contributed by atoms with E-state index in [0.717, 1.165) is 48.4 Å². The van der Waals surface area contributed by atoms with Gasteiger partial charge in [0.15, 0.2) is 0 Å². The first-order valence-electron chi connectivity index (χ1n) is 9.02. The molecule has 0 saturated carbocycles. The summed E-state index contributed by atoms with van der Waals surface area (Å²) in [5.74, 6) is 1.20. The molecule has 2 heterocycles. The molecule has 0 bridgehead atoms. The van der Waals surface area contributed by atoms with Crippen LogP contribution in [-0.2, 0) is 11.3 Å². The van der Waals surface area contributed by atoms with E-state index in [1.165, 1.54) is 5.56 Å². The quantitative estimate of drug-likeness (QED) is 0.723. The van der Waals surface area contributed by atoms with E-state index in [9.17, 15) is 4.79 Å². The summed E-state index contributed by atoms with van der Waals surface area (Å²) in [7, 11) is 0. The van der Waals surface area contributed by atoms with Crippen molar-refractivity contribution in [2.75, 3.05) is 13.1 Å². The maximum atomic E-state index is 12.5. The second-order valence-corrected chi connectivity index (χ2v) is 6.78. The lowest BCUT2D eigenvalue weighted by Gasteiger charge is -2.16. The molecule has 1 fully saturated rings. The van der Waals surface area contributed by atoms with Crippen molar-refractivity contribution in [3.63, 3.8) is 0 Å². The Balaban J connectivity index is 1.68.